The van der Waals surface area contributed by atoms with Crippen molar-refractivity contribution in [3.63, 3.8) is 0 Å². The first-order valence-corrected chi connectivity index (χ1v) is 5.75. The van der Waals surface area contributed by atoms with Gasteiger partial charge in [0.2, 0.25) is 0 Å². The third-order valence-corrected chi connectivity index (χ3v) is 2.81. The summed E-state index contributed by atoms with van der Waals surface area (Å²) in [6.07, 6.45) is 10.2. The molecule has 0 nitrogen and oxygen atoms in total. The molecule has 0 heterocycles. The number of unbranched alkanes of at least 4 members (excludes halogenated alkanes) is 1. The van der Waals surface area contributed by atoms with Crippen molar-refractivity contribution in [2.45, 2.75) is 39.5 Å². The van der Waals surface area contributed by atoms with Gasteiger partial charge in [-0.2, -0.15) is 11.8 Å². The molecule has 0 bridgehead atoms. The van der Waals surface area contributed by atoms with Crippen LogP contribution in [0, 0.1) is 24.0 Å². The van der Waals surface area contributed by atoms with Crippen LogP contribution in [0.4, 0.5) is 0 Å². The maximum absolute atomic E-state index is 5.27. The Kier molecular flexibility index (Phi) is 8.93. The molecule has 12 heavy (non-hydrogen) atoms. The average Bonchev–Trinajstić information content (AvgIpc) is 2.10. The summed E-state index contributed by atoms with van der Waals surface area (Å²) in [6, 6.07) is 0. The molecule has 0 aliphatic rings. The SMILES string of the molecule is C#CC(C)CCCCS[CH]CC. The maximum Gasteiger partial charge on any atom is 0.0171 e. The van der Waals surface area contributed by atoms with Crippen molar-refractivity contribution in [2.75, 3.05) is 5.75 Å². The van der Waals surface area contributed by atoms with Gasteiger partial charge in [-0.1, -0.05) is 20.3 Å². The van der Waals surface area contributed by atoms with Crippen LogP contribution >= 0.6 is 11.8 Å². The first-order valence-electron chi connectivity index (χ1n) is 4.70. The number of hydrogen-bond acceptors (Lipinski definition) is 1. The van der Waals surface area contributed by atoms with Gasteiger partial charge in [0.15, 0.2) is 0 Å². The molecule has 1 unspecified atom stereocenters. The summed E-state index contributed by atoms with van der Waals surface area (Å²) in [5.41, 5.74) is 0. The summed E-state index contributed by atoms with van der Waals surface area (Å²) < 4.78 is 0. The minimum atomic E-state index is 0.463. The van der Waals surface area contributed by atoms with Crippen LogP contribution in [0.1, 0.15) is 39.5 Å². The summed E-state index contributed by atoms with van der Waals surface area (Å²) >= 11 is 1.94. The quantitative estimate of drug-likeness (QED) is 0.428. The molecule has 0 aromatic carbocycles. The van der Waals surface area contributed by atoms with Gasteiger partial charge in [0, 0.05) is 11.7 Å². The van der Waals surface area contributed by atoms with Crippen LogP contribution in [0.25, 0.3) is 0 Å². The molecule has 0 rings (SSSR count). The minimum Gasteiger partial charge on any atom is -0.157 e. The first-order chi connectivity index (χ1) is 5.81. The molecular formula is C11H19S. The molecule has 0 aliphatic heterocycles. The predicted molar refractivity (Wildman–Crippen MR) is 58.9 cm³/mol. The molecule has 1 atom stereocenters. The van der Waals surface area contributed by atoms with Crippen LogP contribution in [0.3, 0.4) is 0 Å². The van der Waals surface area contributed by atoms with E-state index in [1.54, 1.807) is 0 Å². The summed E-state index contributed by atoms with van der Waals surface area (Å²) in [6.45, 7) is 4.29. The smallest absolute Gasteiger partial charge is 0.0171 e. The van der Waals surface area contributed by atoms with Crippen molar-refractivity contribution < 1.29 is 0 Å². The van der Waals surface area contributed by atoms with Gasteiger partial charge in [-0.3, -0.25) is 0 Å². The Morgan fingerprint density at radius 2 is 2.25 bits per heavy atom. The number of thioether (sulfide) groups is 1. The largest absolute Gasteiger partial charge is 0.157 e. The lowest BCUT2D eigenvalue weighted by atomic mass is 10.1. The molecule has 0 aliphatic carbocycles. The Morgan fingerprint density at radius 3 is 2.83 bits per heavy atom. The van der Waals surface area contributed by atoms with Gasteiger partial charge in [0.05, 0.1) is 0 Å². The molecule has 0 aromatic heterocycles. The zero-order valence-corrected chi connectivity index (χ0v) is 8.99. The fourth-order valence-electron chi connectivity index (χ4n) is 0.920. The molecule has 69 valence electrons. The van der Waals surface area contributed by atoms with Crippen molar-refractivity contribution in [1.29, 1.82) is 0 Å². The Balaban J connectivity index is 2.96. The average molecular weight is 183 g/mol. The van der Waals surface area contributed by atoms with E-state index in [1.165, 1.54) is 31.4 Å². The molecular weight excluding hydrogens is 164 g/mol. The first kappa shape index (κ1) is 11.9. The van der Waals surface area contributed by atoms with E-state index in [9.17, 15) is 0 Å². The Bertz CT molecular complexity index is 123. The fourth-order valence-corrected chi connectivity index (χ4v) is 1.69. The Labute approximate surface area is 81.5 Å². The van der Waals surface area contributed by atoms with Crippen LogP contribution in [0.5, 0.6) is 0 Å². The summed E-state index contributed by atoms with van der Waals surface area (Å²) in [4.78, 5) is 0. The van der Waals surface area contributed by atoms with Crippen LogP contribution in [-0.2, 0) is 0 Å². The van der Waals surface area contributed by atoms with Gasteiger partial charge in [-0.05, 0) is 25.0 Å². The van der Waals surface area contributed by atoms with Crippen LogP contribution in [0.2, 0.25) is 0 Å². The van der Waals surface area contributed by atoms with Gasteiger partial charge in [0.25, 0.3) is 0 Å². The lowest BCUT2D eigenvalue weighted by Gasteiger charge is -2.02. The second-order valence-electron chi connectivity index (χ2n) is 3.01. The molecule has 0 amide bonds. The molecule has 1 heteroatoms. The van der Waals surface area contributed by atoms with Gasteiger partial charge >= 0.3 is 0 Å². The van der Waals surface area contributed by atoms with E-state index in [1.807, 2.05) is 11.8 Å². The van der Waals surface area contributed by atoms with Crippen molar-refractivity contribution in [2.24, 2.45) is 5.92 Å². The highest BCUT2D eigenvalue weighted by molar-refractivity contribution is 8.01. The fraction of sp³-hybridized carbons (Fsp3) is 0.727. The van der Waals surface area contributed by atoms with Crippen LogP contribution in [0.15, 0.2) is 0 Å². The second kappa shape index (κ2) is 9.00. The maximum atomic E-state index is 5.27. The Hall–Kier alpha value is -0.0900. The normalized spacial score (nSPS) is 12.4. The number of terminal acetylenes is 1. The van der Waals surface area contributed by atoms with Crippen molar-refractivity contribution >= 4 is 11.8 Å². The second-order valence-corrected chi connectivity index (χ2v) is 4.08. The van der Waals surface area contributed by atoms with E-state index in [0.717, 1.165) is 0 Å². The Morgan fingerprint density at radius 1 is 1.50 bits per heavy atom. The summed E-state index contributed by atoms with van der Waals surface area (Å²) in [7, 11) is 0. The zero-order valence-electron chi connectivity index (χ0n) is 8.18. The van der Waals surface area contributed by atoms with E-state index in [4.69, 9.17) is 6.42 Å². The molecule has 0 aromatic rings. The minimum absolute atomic E-state index is 0.463. The summed E-state index contributed by atoms with van der Waals surface area (Å²) in [5.74, 6) is 6.74. The van der Waals surface area contributed by atoms with Gasteiger partial charge in [0.1, 0.15) is 0 Å². The van der Waals surface area contributed by atoms with Crippen molar-refractivity contribution in [3.05, 3.63) is 5.75 Å². The molecule has 1 radical (unpaired) electrons. The highest BCUT2D eigenvalue weighted by Crippen LogP contribution is 2.13. The highest BCUT2D eigenvalue weighted by Gasteiger charge is 1.96. The van der Waals surface area contributed by atoms with Crippen molar-refractivity contribution in [3.8, 4) is 12.3 Å². The molecule has 0 N–H and O–H groups in total. The molecule has 0 saturated carbocycles. The van der Waals surface area contributed by atoms with Crippen LogP contribution < -0.4 is 0 Å². The van der Waals surface area contributed by atoms with E-state index in [-0.39, 0.29) is 0 Å². The van der Waals surface area contributed by atoms with E-state index >= 15 is 0 Å². The zero-order chi connectivity index (χ0) is 9.23. The topological polar surface area (TPSA) is 0 Å². The molecule has 0 spiro atoms. The van der Waals surface area contributed by atoms with Gasteiger partial charge in [-0.25, -0.2) is 0 Å². The van der Waals surface area contributed by atoms with Gasteiger partial charge in [-0.15, -0.1) is 12.3 Å². The lowest BCUT2D eigenvalue weighted by Crippen LogP contribution is -1.90. The predicted octanol–water partition coefficient (Wildman–Crippen LogP) is 3.73. The van der Waals surface area contributed by atoms with E-state index in [2.05, 4.69) is 25.5 Å². The standard InChI is InChI=1S/C11H19S/c1-4-9-12-10-7-6-8-11(3)5-2/h2,9,11H,4,6-8,10H2,1,3H3. The highest BCUT2D eigenvalue weighted by atomic mass is 32.2. The van der Waals surface area contributed by atoms with Gasteiger partial charge < -0.3 is 0 Å². The third-order valence-electron chi connectivity index (χ3n) is 1.72. The van der Waals surface area contributed by atoms with E-state index < -0.39 is 0 Å². The number of rotatable bonds is 7. The molecule has 0 fully saturated rings. The summed E-state index contributed by atoms with van der Waals surface area (Å²) in [5, 5.41) is 0. The lowest BCUT2D eigenvalue weighted by molar-refractivity contribution is 0.617. The number of hydrogen-bond donors (Lipinski definition) is 0. The monoisotopic (exact) mass is 183 g/mol. The van der Waals surface area contributed by atoms with Crippen LogP contribution in [-0.4, -0.2) is 5.75 Å². The third kappa shape index (κ3) is 8.01. The molecule has 0 saturated heterocycles. The van der Waals surface area contributed by atoms with Crippen molar-refractivity contribution in [1.82, 2.24) is 0 Å². The van der Waals surface area contributed by atoms with E-state index in [0.29, 0.717) is 5.92 Å².